The summed E-state index contributed by atoms with van der Waals surface area (Å²) in [6.07, 6.45) is 0.545. The van der Waals surface area contributed by atoms with Gasteiger partial charge in [0.2, 0.25) is 5.89 Å². The summed E-state index contributed by atoms with van der Waals surface area (Å²) in [6.45, 7) is 4.51. The van der Waals surface area contributed by atoms with Crippen LogP contribution in [-0.2, 0) is 22.5 Å². The first-order valence-electron chi connectivity index (χ1n) is 8.26. The van der Waals surface area contributed by atoms with E-state index in [4.69, 9.17) is 14.0 Å². The average molecular weight is 363 g/mol. The molecule has 0 radical (unpaired) electrons. The standard InChI is InChI=1S/C18H25N3O5/c1-11-8-13(9-12(2)17(11)25-5)16(18(22)23)21(3)10-15-19-14(20-26-15)6-7-24-4/h8-9,16H,6-7,10H2,1-5H3,(H,22,23). The lowest BCUT2D eigenvalue weighted by atomic mass is 9.99. The molecular formula is C18H25N3O5. The zero-order chi connectivity index (χ0) is 19.3. The Morgan fingerprint density at radius 3 is 2.50 bits per heavy atom. The van der Waals surface area contributed by atoms with Gasteiger partial charge in [-0.25, -0.2) is 0 Å². The van der Waals surface area contributed by atoms with Gasteiger partial charge in [-0.15, -0.1) is 0 Å². The van der Waals surface area contributed by atoms with Crippen molar-refractivity contribution in [1.29, 1.82) is 0 Å². The molecule has 0 spiro atoms. The quantitative estimate of drug-likeness (QED) is 0.724. The maximum atomic E-state index is 11.9. The van der Waals surface area contributed by atoms with Crippen LogP contribution >= 0.6 is 0 Å². The minimum absolute atomic E-state index is 0.223. The fourth-order valence-corrected chi connectivity index (χ4v) is 3.00. The fraction of sp³-hybridized carbons (Fsp3) is 0.500. The van der Waals surface area contributed by atoms with E-state index in [1.54, 1.807) is 26.2 Å². The smallest absolute Gasteiger partial charge is 0.325 e. The second kappa shape index (κ2) is 8.77. The monoisotopic (exact) mass is 363 g/mol. The number of aromatic nitrogens is 2. The maximum absolute atomic E-state index is 11.9. The van der Waals surface area contributed by atoms with Gasteiger partial charge in [-0.1, -0.05) is 17.3 Å². The summed E-state index contributed by atoms with van der Waals surface area (Å²) >= 11 is 0. The lowest BCUT2D eigenvalue weighted by Gasteiger charge is -2.24. The number of nitrogens with zero attached hydrogens (tertiary/aromatic N) is 3. The molecule has 0 aliphatic heterocycles. The Hall–Kier alpha value is -2.45. The van der Waals surface area contributed by atoms with Gasteiger partial charge in [0.25, 0.3) is 0 Å². The topological polar surface area (TPSA) is 97.9 Å². The van der Waals surface area contributed by atoms with Gasteiger partial charge in [-0.05, 0) is 37.6 Å². The van der Waals surface area contributed by atoms with Crippen molar-refractivity contribution in [2.45, 2.75) is 32.9 Å². The summed E-state index contributed by atoms with van der Waals surface area (Å²) in [6, 6.07) is 2.82. The molecule has 0 amide bonds. The minimum Gasteiger partial charge on any atom is -0.496 e. The Labute approximate surface area is 152 Å². The van der Waals surface area contributed by atoms with Gasteiger partial charge in [0.05, 0.1) is 20.3 Å². The zero-order valence-electron chi connectivity index (χ0n) is 15.8. The van der Waals surface area contributed by atoms with Crippen LogP contribution in [0, 0.1) is 13.8 Å². The summed E-state index contributed by atoms with van der Waals surface area (Å²) < 4.78 is 15.6. The molecule has 0 fully saturated rings. The number of hydrogen-bond donors (Lipinski definition) is 1. The number of carbonyl (C=O) groups is 1. The highest BCUT2D eigenvalue weighted by molar-refractivity contribution is 5.76. The molecule has 0 aliphatic carbocycles. The lowest BCUT2D eigenvalue weighted by Crippen LogP contribution is -2.30. The second-order valence-corrected chi connectivity index (χ2v) is 6.19. The molecule has 0 saturated heterocycles. The van der Waals surface area contributed by atoms with E-state index in [0.29, 0.717) is 30.3 Å². The van der Waals surface area contributed by atoms with Crippen molar-refractivity contribution in [3.63, 3.8) is 0 Å². The van der Waals surface area contributed by atoms with Crippen molar-refractivity contribution >= 4 is 5.97 Å². The summed E-state index contributed by atoms with van der Waals surface area (Å²) in [5.41, 5.74) is 2.46. The van der Waals surface area contributed by atoms with E-state index in [-0.39, 0.29) is 6.54 Å². The van der Waals surface area contributed by atoms with Gasteiger partial charge in [0.1, 0.15) is 11.8 Å². The number of benzene rings is 1. The van der Waals surface area contributed by atoms with E-state index in [0.717, 1.165) is 16.9 Å². The van der Waals surface area contributed by atoms with E-state index in [1.807, 2.05) is 26.0 Å². The van der Waals surface area contributed by atoms with Crippen molar-refractivity contribution < 1.29 is 23.9 Å². The highest BCUT2D eigenvalue weighted by Gasteiger charge is 2.27. The van der Waals surface area contributed by atoms with Gasteiger partial charge in [0.15, 0.2) is 5.82 Å². The van der Waals surface area contributed by atoms with Crippen LogP contribution < -0.4 is 4.74 Å². The van der Waals surface area contributed by atoms with Crippen molar-refractivity contribution in [1.82, 2.24) is 15.0 Å². The molecule has 0 aliphatic rings. The molecule has 8 nitrogen and oxygen atoms in total. The fourth-order valence-electron chi connectivity index (χ4n) is 3.00. The summed E-state index contributed by atoms with van der Waals surface area (Å²) in [4.78, 5) is 17.8. The van der Waals surface area contributed by atoms with Crippen molar-refractivity contribution in [2.75, 3.05) is 27.9 Å². The third-order valence-electron chi connectivity index (χ3n) is 4.10. The second-order valence-electron chi connectivity index (χ2n) is 6.19. The molecule has 26 heavy (non-hydrogen) atoms. The number of rotatable bonds is 9. The van der Waals surface area contributed by atoms with Crippen LogP contribution in [0.3, 0.4) is 0 Å². The minimum atomic E-state index is -0.949. The van der Waals surface area contributed by atoms with Crippen LogP contribution in [0.2, 0.25) is 0 Å². The molecular weight excluding hydrogens is 338 g/mol. The Bertz CT molecular complexity index is 736. The first-order valence-corrected chi connectivity index (χ1v) is 8.26. The summed E-state index contributed by atoms with van der Waals surface area (Å²) in [7, 11) is 4.92. The molecule has 1 aromatic carbocycles. The van der Waals surface area contributed by atoms with E-state index in [9.17, 15) is 9.90 Å². The molecule has 2 rings (SSSR count). The van der Waals surface area contributed by atoms with Crippen LogP contribution in [0.25, 0.3) is 0 Å². The SMILES string of the molecule is COCCc1noc(CN(C)C(C(=O)O)c2cc(C)c(OC)c(C)c2)n1. The lowest BCUT2D eigenvalue weighted by molar-refractivity contribution is -0.143. The van der Waals surface area contributed by atoms with E-state index in [2.05, 4.69) is 10.1 Å². The summed E-state index contributed by atoms with van der Waals surface area (Å²) in [5, 5.41) is 13.6. The first kappa shape index (κ1) is 19.9. The molecule has 0 saturated carbocycles. The highest BCUT2D eigenvalue weighted by Crippen LogP contribution is 2.30. The number of aryl methyl sites for hydroxylation is 2. The molecule has 1 heterocycles. The largest absolute Gasteiger partial charge is 0.496 e. The third kappa shape index (κ3) is 4.59. The Morgan fingerprint density at radius 1 is 1.31 bits per heavy atom. The molecule has 8 heteroatoms. The molecule has 2 aromatic rings. The zero-order valence-corrected chi connectivity index (χ0v) is 15.8. The highest BCUT2D eigenvalue weighted by atomic mass is 16.5. The van der Waals surface area contributed by atoms with Gasteiger partial charge < -0.3 is 19.1 Å². The van der Waals surface area contributed by atoms with Crippen molar-refractivity contribution in [3.8, 4) is 5.75 Å². The molecule has 1 atom stereocenters. The average Bonchev–Trinajstić information content (AvgIpc) is 2.99. The van der Waals surface area contributed by atoms with Crippen LogP contribution in [0.4, 0.5) is 0 Å². The molecule has 1 N–H and O–H groups in total. The Kier molecular flexibility index (Phi) is 6.70. The van der Waals surface area contributed by atoms with Crippen molar-refractivity contribution in [3.05, 3.63) is 40.5 Å². The van der Waals surface area contributed by atoms with Crippen LogP contribution in [0.1, 0.15) is 34.4 Å². The van der Waals surface area contributed by atoms with Crippen LogP contribution in [0.15, 0.2) is 16.7 Å². The molecule has 1 aromatic heterocycles. The van der Waals surface area contributed by atoms with Crippen LogP contribution in [0.5, 0.6) is 5.75 Å². The number of carboxylic acids is 1. The van der Waals surface area contributed by atoms with Crippen LogP contribution in [-0.4, -0.2) is 54.0 Å². The molecule has 142 valence electrons. The Morgan fingerprint density at radius 2 is 1.96 bits per heavy atom. The predicted octanol–water partition coefficient (Wildman–Crippen LogP) is 2.14. The van der Waals surface area contributed by atoms with E-state index >= 15 is 0 Å². The van der Waals surface area contributed by atoms with Gasteiger partial charge >= 0.3 is 5.97 Å². The Balaban J connectivity index is 2.21. The number of carboxylic acid groups (broad SMARTS) is 1. The molecule has 1 unspecified atom stereocenters. The normalized spacial score (nSPS) is 12.4. The van der Waals surface area contributed by atoms with Gasteiger partial charge in [0, 0.05) is 13.5 Å². The summed E-state index contributed by atoms with van der Waals surface area (Å²) in [5.74, 6) is 0.723. The number of likely N-dealkylation sites (N-methyl/N-ethyl adjacent to an activating group) is 1. The maximum Gasteiger partial charge on any atom is 0.325 e. The number of methoxy groups -OCH3 is 2. The van der Waals surface area contributed by atoms with E-state index < -0.39 is 12.0 Å². The first-order chi connectivity index (χ1) is 12.4. The van der Waals surface area contributed by atoms with Gasteiger partial charge in [-0.3, -0.25) is 9.69 Å². The number of hydrogen-bond acceptors (Lipinski definition) is 7. The molecule has 0 bridgehead atoms. The number of aliphatic carboxylic acids is 1. The number of ether oxygens (including phenoxy) is 2. The van der Waals surface area contributed by atoms with Crippen molar-refractivity contribution in [2.24, 2.45) is 0 Å². The van der Waals surface area contributed by atoms with Gasteiger partial charge in [-0.2, -0.15) is 4.98 Å². The van der Waals surface area contributed by atoms with E-state index in [1.165, 1.54) is 0 Å². The predicted molar refractivity (Wildman–Crippen MR) is 94.2 cm³/mol. The third-order valence-corrected chi connectivity index (χ3v) is 4.10.